The van der Waals surface area contributed by atoms with E-state index in [1.165, 1.54) is 18.7 Å². The van der Waals surface area contributed by atoms with Crippen LogP contribution in [0.3, 0.4) is 0 Å². The maximum absolute atomic E-state index is 12.5. The van der Waals surface area contributed by atoms with E-state index in [9.17, 15) is 9.59 Å². The van der Waals surface area contributed by atoms with Gasteiger partial charge in [0.25, 0.3) is 0 Å². The molecule has 1 unspecified atom stereocenters. The van der Waals surface area contributed by atoms with Crippen LogP contribution in [0.4, 0.5) is 5.69 Å². The standard InChI is InChI=1S/C17H27N3O2S.ClH/c1-12(16(22)20(5)11-17(3,4)10-18)23-15-8-6-14(7-9-15)19-13(2)21;/h6-9,12H,10-11,18H2,1-5H3,(H,19,21);1H. The first-order chi connectivity index (χ1) is 10.6. The zero-order valence-corrected chi connectivity index (χ0v) is 16.6. The number of amides is 2. The van der Waals surface area contributed by atoms with Crippen LogP contribution in [-0.4, -0.2) is 42.1 Å². The highest BCUT2D eigenvalue weighted by Gasteiger charge is 2.24. The van der Waals surface area contributed by atoms with Crippen LogP contribution in [0, 0.1) is 5.41 Å². The maximum atomic E-state index is 12.5. The van der Waals surface area contributed by atoms with Crippen molar-refractivity contribution >= 4 is 41.7 Å². The minimum absolute atomic E-state index is 0. The molecule has 0 radical (unpaired) electrons. The number of nitrogens with zero attached hydrogens (tertiary/aromatic N) is 1. The van der Waals surface area contributed by atoms with Crippen LogP contribution in [-0.2, 0) is 9.59 Å². The highest BCUT2D eigenvalue weighted by Crippen LogP contribution is 2.26. The molecule has 5 nitrogen and oxygen atoms in total. The Balaban J connectivity index is 0.00000529. The molecule has 0 saturated heterocycles. The van der Waals surface area contributed by atoms with Crippen molar-refractivity contribution in [3.63, 3.8) is 0 Å². The largest absolute Gasteiger partial charge is 0.344 e. The van der Waals surface area contributed by atoms with Gasteiger partial charge in [-0.05, 0) is 43.1 Å². The summed E-state index contributed by atoms with van der Waals surface area (Å²) in [5.41, 5.74) is 6.39. The van der Waals surface area contributed by atoms with E-state index in [-0.39, 0.29) is 34.9 Å². The average Bonchev–Trinajstić information content (AvgIpc) is 2.47. The number of hydrogen-bond donors (Lipinski definition) is 2. The molecule has 2 amide bonds. The number of benzene rings is 1. The van der Waals surface area contributed by atoms with E-state index in [1.807, 2.05) is 38.2 Å². The van der Waals surface area contributed by atoms with Gasteiger partial charge >= 0.3 is 0 Å². The monoisotopic (exact) mass is 373 g/mol. The predicted octanol–water partition coefficient (Wildman–Crippen LogP) is 2.99. The Bertz CT molecular complexity index is 549. The van der Waals surface area contributed by atoms with Crippen molar-refractivity contribution in [2.75, 3.05) is 25.5 Å². The zero-order valence-electron chi connectivity index (χ0n) is 15.0. The summed E-state index contributed by atoms with van der Waals surface area (Å²) in [4.78, 5) is 26.2. The molecule has 0 aliphatic rings. The fourth-order valence-corrected chi connectivity index (χ4v) is 3.15. The second-order valence-corrected chi connectivity index (χ2v) is 7.94. The van der Waals surface area contributed by atoms with Gasteiger partial charge in [-0.2, -0.15) is 0 Å². The first kappa shape index (κ1) is 22.8. The van der Waals surface area contributed by atoms with Crippen molar-refractivity contribution in [2.24, 2.45) is 11.1 Å². The molecule has 0 fully saturated rings. The second-order valence-electron chi connectivity index (χ2n) is 6.53. The summed E-state index contributed by atoms with van der Waals surface area (Å²) in [6.07, 6.45) is 0. The highest BCUT2D eigenvalue weighted by atomic mass is 35.5. The second kappa shape index (κ2) is 9.91. The van der Waals surface area contributed by atoms with Crippen LogP contribution in [0.5, 0.6) is 0 Å². The molecular weight excluding hydrogens is 346 g/mol. The van der Waals surface area contributed by atoms with E-state index in [2.05, 4.69) is 19.2 Å². The van der Waals surface area contributed by atoms with E-state index < -0.39 is 0 Å². The number of nitrogens with one attached hydrogen (secondary N) is 1. The van der Waals surface area contributed by atoms with Crippen molar-refractivity contribution in [3.05, 3.63) is 24.3 Å². The number of carbonyl (C=O) groups excluding carboxylic acids is 2. The molecular formula is C17H28ClN3O2S. The van der Waals surface area contributed by atoms with Gasteiger partial charge in [-0.1, -0.05) is 13.8 Å². The Morgan fingerprint density at radius 1 is 1.29 bits per heavy atom. The molecule has 1 aromatic rings. The predicted molar refractivity (Wildman–Crippen MR) is 104 cm³/mol. The fourth-order valence-electron chi connectivity index (χ4n) is 2.17. The molecule has 1 aromatic carbocycles. The van der Waals surface area contributed by atoms with Crippen LogP contribution in [0.15, 0.2) is 29.2 Å². The Morgan fingerprint density at radius 2 is 1.83 bits per heavy atom. The molecule has 0 heterocycles. The van der Waals surface area contributed by atoms with Crippen molar-refractivity contribution < 1.29 is 9.59 Å². The molecule has 0 spiro atoms. The number of carbonyl (C=O) groups is 2. The third-order valence-corrected chi connectivity index (χ3v) is 4.53. The summed E-state index contributed by atoms with van der Waals surface area (Å²) < 4.78 is 0. The average molecular weight is 374 g/mol. The fraction of sp³-hybridized carbons (Fsp3) is 0.529. The van der Waals surface area contributed by atoms with Gasteiger partial charge in [-0.25, -0.2) is 0 Å². The SMILES string of the molecule is CC(=O)Nc1ccc(SC(C)C(=O)N(C)CC(C)(C)CN)cc1.Cl. The zero-order chi connectivity index (χ0) is 17.6. The van der Waals surface area contributed by atoms with Crippen LogP contribution < -0.4 is 11.1 Å². The summed E-state index contributed by atoms with van der Waals surface area (Å²) in [5, 5.41) is 2.54. The Hall–Kier alpha value is -1.24. The van der Waals surface area contributed by atoms with Gasteiger partial charge in [-0.15, -0.1) is 24.2 Å². The lowest BCUT2D eigenvalue weighted by Gasteiger charge is -2.30. The molecule has 7 heteroatoms. The molecule has 0 saturated carbocycles. The number of thioether (sulfide) groups is 1. The normalized spacial score (nSPS) is 12.1. The molecule has 3 N–H and O–H groups in total. The van der Waals surface area contributed by atoms with Crippen LogP contribution in [0.25, 0.3) is 0 Å². The van der Waals surface area contributed by atoms with Gasteiger partial charge in [0.2, 0.25) is 11.8 Å². The minimum atomic E-state index is -0.180. The van der Waals surface area contributed by atoms with Gasteiger partial charge in [0.1, 0.15) is 0 Å². The third-order valence-electron chi connectivity index (χ3n) is 3.43. The Morgan fingerprint density at radius 3 is 2.29 bits per heavy atom. The van der Waals surface area contributed by atoms with Gasteiger partial charge in [0.15, 0.2) is 0 Å². The topological polar surface area (TPSA) is 75.4 Å². The van der Waals surface area contributed by atoms with Gasteiger partial charge < -0.3 is 16.0 Å². The number of hydrogen-bond acceptors (Lipinski definition) is 4. The number of nitrogens with two attached hydrogens (primary N) is 1. The first-order valence-electron chi connectivity index (χ1n) is 7.64. The van der Waals surface area contributed by atoms with Gasteiger partial charge in [0.05, 0.1) is 5.25 Å². The molecule has 0 aliphatic carbocycles. The van der Waals surface area contributed by atoms with E-state index in [0.717, 1.165) is 10.6 Å². The van der Waals surface area contributed by atoms with E-state index in [1.54, 1.807) is 4.90 Å². The first-order valence-corrected chi connectivity index (χ1v) is 8.52. The van der Waals surface area contributed by atoms with Crippen LogP contribution >= 0.6 is 24.2 Å². The van der Waals surface area contributed by atoms with Gasteiger partial charge in [-0.3, -0.25) is 9.59 Å². The van der Waals surface area contributed by atoms with Crippen LogP contribution in [0.2, 0.25) is 0 Å². The van der Waals surface area contributed by atoms with Crippen molar-refractivity contribution in [1.29, 1.82) is 0 Å². The summed E-state index contributed by atoms with van der Waals surface area (Å²) in [6, 6.07) is 7.48. The minimum Gasteiger partial charge on any atom is -0.344 e. The summed E-state index contributed by atoms with van der Waals surface area (Å²) in [6.45, 7) is 8.65. The molecule has 0 aromatic heterocycles. The molecule has 24 heavy (non-hydrogen) atoms. The van der Waals surface area contributed by atoms with E-state index >= 15 is 0 Å². The maximum Gasteiger partial charge on any atom is 0.235 e. The molecule has 0 bridgehead atoms. The van der Waals surface area contributed by atoms with Crippen LogP contribution in [0.1, 0.15) is 27.7 Å². The van der Waals surface area contributed by atoms with Gasteiger partial charge in [0, 0.05) is 31.1 Å². The molecule has 0 aliphatic heterocycles. The molecule has 1 rings (SSSR count). The number of anilines is 1. The van der Waals surface area contributed by atoms with E-state index in [0.29, 0.717) is 13.1 Å². The third kappa shape index (κ3) is 7.55. The summed E-state index contributed by atoms with van der Waals surface area (Å²) >= 11 is 1.51. The smallest absolute Gasteiger partial charge is 0.235 e. The summed E-state index contributed by atoms with van der Waals surface area (Å²) in [7, 11) is 1.82. The quantitative estimate of drug-likeness (QED) is 0.720. The lowest BCUT2D eigenvalue weighted by atomic mass is 9.93. The number of halogens is 1. The van der Waals surface area contributed by atoms with E-state index in [4.69, 9.17) is 5.73 Å². The lowest BCUT2D eigenvalue weighted by molar-refractivity contribution is -0.130. The van der Waals surface area contributed by atoms with Crippen molar-refractivity contribution in [2.45, 2.75) is 37.8 Å². The summed E-state index contributed by atoms with van der Waals surface area (Å²) in [5.74, 6) is -0.0134. The molecule has 1 atom stereocenters. The molecule has 136 valence electrons. The van der Waals surface area contributed by atoms with Crippen molar-refractivity contribution in [3.8, 4) is 0 Å². The highest BCUT2D eigenvalue weighted by molar-refractivity contribution is 8.00. The van der Waals surface area contributed by atoms with Crippen molar-refractivity contribution in [1.82, 2.24) is 4.90 Å². The Labute approximate surface area is 155 Å². The number of rotatable bonds is 7. The lowest BCUT2D eigenvalue weighted by Crippen LogP contribution is -2.42. The Kier molecular flexibility index (Phi) is 9.40.